The van der Waals surface area contributed by atoms with Crippen molar-refractivity contribution in [2.75, 3.05) is 7.11 Å². The lowest BCUT2D eigenvalue weighted by Gasteiger charge is -2.05. The van der Waals surface area contributed by atoms with E-state index in [0.717, 1.165) is 5.56 Å². The molecule has 0 heterocycles. The molecule has 0 saturated carbocycles. The van der Waals surface area contributed by atoms with Gasteiger partial charge in [0.05, 0.1) is 12.1 Å². The van der Waals surface area contributed by atoms with Gasteiger partial charge in [0.25, 0.3) is 0 Å². The topological polar surface area (TPSA) is 9.23 Å². The highest BCUT2D eigenvalue weighted by atomic mass is 79.9. The molecule has 12 heavy (non-hydrogen) atoms. The van der Waals surface area contributed by atoms with Crippen LogP contribution < -0.4 is 4.74 Å². The van der Waals surface area contributed by atoms with Crippen LogP contribution in [0.3, 0.4) is 0 Å². The summed E-state index contributed by atoms with van der Waals surface area (Å²) in [5.74, 6) is -0.333. The lowest BCUT2D eigenvalue weighted by Crippen LogP contribution is -1.91. The Labute approximate surface area is 83.6 Å². The maximum atomic E-state index is 13.1. The number of alkyl halides is 1. The van der Waals surface area contributed by atoms with E-state index in [1.807, 2.05) is 0 Å². The Balaban J connectivity index is 3.18. The molecule has 4 heteroatoms. The predicted molar refractivity (Wildman–Crippen MR) is 50.6 cm³/mol. The molecule has 0 aliphatic heterocycles. The molecule has 0 saturated heterocycles. The normalized spacial score (nSPS) is 10.0. The highest BCUT2D eigenvalue weighted by molar-refractivity contribution is 9.08. The molecule has 1 rings (SSSR count). The van der Waals surface area contributed by atoms with Gasteiger partial charge in [-0.25, -0.2) is 4.39 Å². The Bertz CT molecular complexity index is 267. The Hall–Kier alpha value is -0.280. The SMILES string of the molecule is COc1c(F)cc(CBr)cc1Cl. The first-order chi connectivity index (χ1) is 5.69. The van der Waals surface area contributed by atoms with Crippen LogP contribution in [0, 0.1) is 5.82 Å². The Kier molecular flexibility index (Phi) is 3.35. The van der Waals surface area contributed by atoms with Crippen molar-refractivity contribution in [2.24, 2.45) is 0 Å². The molecule has 0 N–H and O–H groups in total. The van der Waals surface area contributed by atoms with Crippen molar-refractivity contribution in [3.63, 3.8) is 0 Å². The van der Waals surface area contributed by atoms with E-state index in [0.29, 0.717) is 10.4 Å². The third-order valence-electron chi connectivity index (χ3n) is 1.42. The fraction of sp³-hybridized carbons (Fsp3) is 0.250. The van der Waals surface area contributed by atoms with Crippen LogP contribution in [0.5, 0.6) is 5.75 Å². The van der Waals surface area contributed by atoms with Gasteiger partial charge in [-0.05, 0) is 17.7 Å². The van der Waals surface area contributed by atoms with Crippen LogP contribution >= 0.6 is 27.5 Å². The zero-order chi connectivity index (χ0) is 9.14. The molecule has 0 bridgehead atoms. The van der Waals surface area contributed by atoms with Crippen LogP contribution in [0.25, 0.3) is 0 Å². The molecule has 0 radical (unpaired) electrons. The molecule has 0 aromatic heterocycles. The largest absolute Gasteiger partial charge is 0.492 e. The van der Waals surface area contributed by atoms with E-state index >= 15 is 0 Å². The summed E-state index contributed by atoms with van der Waals surface area (Å²) in [5, 5.41) is 0.875. The van der Waals surface area contributed by atoms with Gasteiger partial charge in [0.1, 0.15) is 0 Å². The Morgan fingerprint density at radius 1 is 1.58 bits per heavy atom. The van der Waals surface area contributed by atoms with Crippen molar-refractivity contribution in [1.82, 2.24) is 0 Å². The fourth-order valence-electron chi connectivity index (χ4n) is 0.885. The second-order valence-electron chi connectivity index (χ2n) is 2.23. The van der Waals surface area contributed by atoms with Crippen LogP contribution in [-0.4, -0.2) is 7.11 Å². The second-order valence-corrected chi connectivity index (χ2v) is 3.19. The molecule has 1 aromatic rings. The molecular formula is C8H7BrClFO. The van der Waals surface area contributed by atoms with Crippen molar-refractivity contribution in [3.05, 3.63) is 28.5 Å². The van der Waals surface area contributed by atoms with Crippen molar-refractivity contribution in [1.29, 1.82) is 0 Å². The quantitative estimate of drug-likeness (QED) is 0.734. The predicted octanol–water partition coefficient (Wildman–Crippen LogP) is 3.38. The van der Waals surface area contributed by atoms with E-state index in [-0.39, 0.29) is 5.75 Å². The summed E-state index contributed by atoms with van der Waals surface area (Å²) < 4.78 is 17.8. The number of hydrogen-bond donors (Lipinski definition) is 0. The molecule has 1 nitrogen and oxygen atoms in total. The average molecular weight is 253 g/mol. The first-order valence-corrected chi connectivity index (χ1v) is 4.77. The second kappa shape index (κ2) is 4.10. The fourth-order valence-corrected chi connectivity index (χ4v) is 1.52. The van der Waals surface area contributed by atoms with E-state index in [4.69, 9.17) is 16.3 Å². The van der Waals surface area contributed by atoms with E-state index < -0.39 is 5.82 Å². The first kappa shape index (κ1) is 9.81. The summed E-state index contributed by atoms with van der Waals surface area (Å²) >= 11 is 8.93. The monoisotopic (exact) mass is 252 g/mol. The smallest absolute Gasteiger partial charge is 0.173 e. The number of hydrogen-bond acceptors (Lipinski definition) is 1. The molecule has 0 aliphatic rings. The van der Waals surface area contributed by atoms with E-state index in [2.05, 4.69) is 15.9 Å². The molecule has 0 spiro atoms. The molecule has 66 valence electrons. The Morgan fingerprint density at radius 2 is 2.25 bits per heavy atom. The molecular weight excluding hydrogens is 246 g/mol. The highest BCUT2D eigenvalue weighted by Crippen LogP contribution is 2.29. The van der Waals surface area contributed by atoms with Gasteiger partial charge in [0.15, 0.2) is 11.6 Å². The van der Waals surface area contributed by atoms with Gasteiger partial charge in [0.2, 0.25) is 0 Å². The van der Waals surface area contributed by atoms with Crippen LogP contribution in [-0.2, 0) is 5.33 Å². The number of rotatable bonds is 2. The van der Waals surface area contributed by atoms with E-state index in [9.17, 15) is 4.39 Å². The summed E-state index contributed by atoms with van der Waals surface area (Å²) in [6, 6.07) is 3.05. The van der Waals surface area contributed by atoms with Gasteiger partial charge in [-0.1, -0.05) is 27.5 Å². The molecule has 1 aromatic carbocycles. The van der Waals surface area contributed by atoms with Gasteiger partial charge in [-0.15, -0.1) is 0 Å². The van der Waals surface area contributed by atoms with E-state index in [1.54, 1.807) is 6.07 Å². The molecule has 0 aliphatic carbocycles. The third-order valence-corrected chi connectivity index (χ3v) is 2.34. The van der Waals surface area contributed by atoms with Crippen molar-refractivity contribution < 1.29 is 9.13 Å². The van der Waals surface area contributed by atoms with Gasteiger partial charge < -0.3 is 4.74 Å². The number of benzene rings is 1. The first-order valence-electron chi connectivity index (χ1n) is 3.27. The van der Waals surface area contributed by atoms with Crippen molar-refractivity contribution in [2.45, 2.75) is 5.33 Å². The standard InChI is InChI=1S/C8H7BrClFO/c1-12-8-6(10)2-5(4-9)3-7(8)11/h2-3H,4H2,1H3. The summed E-state index contributed by atoms with van der Waals surface area (Å²) in [5.41, 5.74) is 0.790. The van der Waals surface area contributed by atoms with Crippen LogP contribution in [0.4, 0.5) is 4.39 Å². The lowest BCUT2D eigenvalue weighted by atomic mass is 10.2. The summed E-state index contributed by atoms with van der Waals surface area (Å²) in [4.78, 5) is 0. The third kappa shape index (κ3) is 1.90. The molecule has 0 atom stereocenters. The zero-order valence-corrected chi connectivity index (χ0v) is 8.75. The van der Waals surface area contributed by atoms with Crippen LogP contribution in [0.1, 0.15) is 5.56 Å². The number of halogens is 3. The maximum Gasteiger partial charge on any atom is 0.173 e. The summed E-state index contributed by atoms with van der Waals surface area (Å²) in [6.45, 7) is 0. The minimum Gasteiger partial charge on any atom is -0.492 e. The minimum absolute atomic E-state index is 0.0985. The van der Waals surface area contributed by atoms with Crippen LogP contribution in [0.15, 0.2) is 12.1 Å². The molecule has 0 amide bonds. The molecule has 0 fully saturated rings. The number of ether oxygens (including phenoxy) is 1. The van der Waals surface area contributed by atoms with Crippen molar-refractivity contribution >= 4 is 27.5 Å². The summed E-state index contributed by atoms with van der Waals surface area (Å²) in [7, 11) is 1.39. The van der Waals surface area contributed by atoms with Gasteiger partial charge >= 0.3 is 0 Å². The Morgan fingerprint density at radius 3 is 2.67 bits per heavy atom. The lowest BCUT2D eigenvalue weighted by molar-refractivity contribution is 0.386. The maximum absolute atomic E-state index is 13.1. The number of methoxy groups -OCH3 is 1. The average Bonchev–Trinajstić information content (AvgIpc) is 2.03. The van der Waals surface area contributed by atoms with Gasteiger partial charge in [-0.3, -0.25) is 0 Å². The highest BCUT2D eigenvalue weighted by Gasteiger charge is 2.08. The summed E-state index contributed by atoms with van der Waals surface area (Å²) in [6.07, 6.45) is 0. The van der Waals surface area contributed by atoms with Gasteiger partial charge in [0, 0.05) is 5.33 Å². The molecule has 0 unspecified atom stereocenters. The van der Waals surface area contributed by atoms with E-state index in [1.165, 1.54) is 13.2 Å². The van der Waals surface area contributed by atoms with Crippen molar-refractivity contribution in [3.8, 4) is 5.75 Å². The van der Waals surface area contributed by atoms with Gasteiger partial charge in [-0.2, -0.15) is 0 Å². The van der Waals surface area contributed by atoms with Crippen LogP contribution in [0.2, 0.25) is 5.02 Å². The zero-order valence-electron chi connectivity index (χ0n) is 6.40. The minimum atomic E-state index is -0.431.